The van der Waals surface area contributed by atoms with Gasteiger partial charge in [-0.2, -0.15) is 0 Å². The predicted octanol–water partition coefficient (Wildman–Crippen LogP) is 0.228. The number of amides is 2. The lowest BCUT2D eigenvalue weighted by Crippen LogP contribution is -2.56. The number of piperidine rings is 2. The van der Waals surface area contributed by atoms with Gasteiger partial charge < -0.3 is 20.0 Å². The average Bonchev–Trinajstić information content (AvgIpc) is 2.52. The molecule has 0 aromatic rings. The van der Waals surface area contributed by atoms with Crippen molar-refractivity contribution in [3.05, 3.63) is 0 Å². The minimum atomic E-state index is -0.495. The topological polar surface area (TPSA) is 81.1 Å². The molecule has 0 atom stereocenters. The van der Waals surface area contributed by atoms with Crippen LogP contribution < -0.4 is 0 Å². The number of fused-ring (bicyclic) bond motifs is 1. The van der Waals surface area contributed by atoms with Gasteiger partial charge >= 0.3 is 0 Å². The van der Waals surface area contributed by atoms with Gasteiger partial charge in [0.1, 0.15) is 5.92 Å². The third kappa shape index (κ3) is 3.98. The van der Waals surface area contributed by atoms with E-state index in [9.17, 15) is 9.59 Å². The van der Waals surface area contributed by atoms with Gasteiger partial charge in [-0.15, -0.1) is 0 Å². The molecule has 0 radical (unpaired) electrons. The van der Waals surface area contributed by atoms with Crippen molar-refractivity contribution >= 4 is 11.8 Å². The van der Waals surface area contributed by atoms with Crippen LogP contribution in [0.3, 0.4) is 0 Å². The Morgan fingerprint density at radius 3 is 1.68 bits per heavy atom. The number of nitrogens with zero attached hydrogens (tertiary/aromatic N) is 2. The van der Waals surface area contributed by atoms with Crippen LogP contribution in [0.2, 0.25) is 0 Å². The summed E-state index contributed by atoms with van der Waals surface area (Å²) in [6.07, 6.45) is 4.78. The number of hydrogen-bond acceptors (Lipinski definition) is 4. The third-order valence-electron chi connectivity index (χ3n) is 4.84. The number of carbonyl (C=O) groups excluding carboxylic acids is 2. The molecule has 2 amide bonds. The molecule has 0 saturated carbocycles. The van der Waals surface area contributed by atoms with Crippen LogP contribution in [0, 0.1) is 11.8 Å². The number of aliphatic hydroxyl groups is 2. The highest BCUT2D eigenvalue weighted by molar-refractivity contribution is 6.01. The summed E-state index contributed by atoms with van der Waals surface area (Å²) in [6, 6.07) is 0. The zero-order valence-corrected chi connectivity index (χ0v) is 13.2. The van der Waals surface area contributed by atoms with Crippen molar-refractivity contribution in [2.45, 2.75) is 38.5 Å². The van der Waals surface area contributed by atoms with Gasteiger partial charge in [-0.05, 0) is 44.4 Å². The Morgan fingerprint density at radius 2 is 1.27 bits per heavy atom. The molecule has 2 N–H and O–H groups in total. The molecule has 0 unspecified atom stereocenters. The first-order valence-corrected chi connectivity index (χ1v) is 8.48. The Morgan fingerprint density at radius 1 is 0.818 bits per heavy atom. The number of rotatable bonds is 8. The van der Waals surface area contributed by atoms with Crippen molar-refractivity contribution in [3.8, 4) is 0 Å². The number of unbranched alkanes of at least 4 members (excludes halogenated alkanes) is 2. The molecule has 0 aromatic carbocycles. The van der Waals surface area contributed by atoms with Gasteiger partial charge in [0.15, 0.2) is 0 Å². The van der Waals surface area contributed by atoms with Crippen LogP contribution in [0.4, 0.5) is 0 Å². The lowest BCUT2D eigenvalue weighted by molar-refractivity contribution is -0.157. The molecule has 0 aliphatic carbocycles. The van der Waals surface area contributed by atoms with Crippen molar-refractivity contribution in [1.29, 1.82) is 0 Å². The molecule has 0 aromatic heterocycles. The van der Waals surface area contributed by atoms with Crippen molar-refractivity contribution in [2.24, 2.45) is 11.8 Å². The van der Waals surface area contributed by atoms with Gasteiger partial charge in [0.2, 0.25) is 11.8 Å². The van der Waals surface area contributed by atoms with Gasteiger partial charge in [-0.1, -0.05) is 0 Å². The van der Waals surface area contributed by atoms with E-state index in [1.807, 2.05) is 0 Å². The van der Waals surface area contributed by atoms with Crippen LogP contribution in [0.1, 0.15) is 38.5 Å². The summed E-state index contributed by atoms with van der Waals surface area (Å²) >= 11 is 0. The summed E-state index contributed by atoms with van der Waals surface area (Å²) in [4.78, 5) is 28.8. The highest BCUT2D eigenvalue weighted by Gasteiger charge is 2.45. The Bertz CT molecular complexity index is 350. The second-order valence-corrected chi connectivity index (χ2v) is 6.33. The fraction of sp³-hybridized carbons (Fsp3) is 0.875. The Balaban J connectivity index is 1.93. The Hall–Kier alpha value is -1.14. The molecule has 2 heterocycles. The van der Waals surface area contributed by atoms with E-state index in [2.05, 4.69) is 0 Å². The zero-order chi connectivity index (χ0) is 15.9. The van der Waals surface area contributed by atoms with Gasteiger partial charge in [0.05, 0.1) is 0 Å². The van der Waals surface area contributed by atoms with Crippen molar-refractivity contribution in [3.63, 3.8) is 0 Å². The van der Waals surface area contributed by atoms with Gasteiger partial charge in [0, 0.05) is 39.4 Å². The molecule has 2 aliphatic rings. The van der Waals surface area contributed by atoms with Gasteiger partial charge in [-0.25, -0.2) is 0 Å². The standard InChI is InChI=1S/C16H28N2O4/c19-11-3-1-7-17-9-5-13-6-10-18(8-2-4-12-20)16(22)14(13)15(17)21/h13-14,19-20H,1-12H2. The number of aliphatic hydroxyl groups excluding tert-OH is 2. The van der Waals surface area contributed by atoms with E-state index in [0.717, 1.165) is 38.8 Å². The maximum absolute atomic E-state index is 12.6. The molecule has 2 aliphatic heterocycles. The van der Waals surface area contributed by atoms with Crippen LogP contribution in [-0.4, -0.2) is 71.2 Å². The normalized spacial score (nSPS) is 25.5. The third-order valence-corrected chi connectivity index (χ3v) is 4.84. The lowest BCUT2D eigenvalue weighted by Gasteiger charge is -2.43. The molecule has 126 valence electrons. The quantitative estimate of drug-likeness (QED) is 0.496. The molecule has 6 heteroatoms. The van der Waals surface area contributed by atoms with Crippen molar-refractivity contribution < 1.29 is 19.8 Å². The second kappa shape index (κ2) is 8.48. The monoisotopic (exact) mass is 312 g/mol. The molecule has 2 rings (SSSR count). The van der Waals surface area contributed by atoms with E-state index in [-0.39, 0.29) is 30.9 Å². The van der Waals surface area contributed by atoms with Gasteiger partial charge in [-0.3, -0.25) is 9.59 Å². The van der Waals surface area contributed by atoms with Crippen LogP contribution in [0.25, 0.3) is 0 Å². The van der Waals surface area contributed by atoms with Crippen molar-refractivity contribution in [1.82, 2.24) is 9.80 Å². The summed E-state index contributed by atoms with van der Waals surface area (Å²) in [7, 11) is 0. The molecular weight excluding hydrogens is 284 g/mol. The minimum absolute atomic E-state index is 0.0222. The Kier molecular flexibility index (Phi) is 6.64. The summed E-state index contributed by atoms with van der Waals surface area (Å²) < 4.78 is 0. The van der Waals surface area contributed by atoms with Crippen LogP contribution in [-0.2, 0) is 9.59 Å². The summed E-state index contributed by atoms with van der Waals surface area (Å²) in [5.74, 6) is -0.342. The molecule has 22 heavy (non-hydrogen) atoms. The minimum Gasteiger partial charge on any atom is -0.396 e. The van der Waals surface area contributed by atoms with E-state index >= 15 is 0 Å². The van der Waals surface area contributed by atoms with Crippen LogP contribution in [0.5, 0.6) is 0 Å². The second-order valence-electron chi connectivity index (χ2n) is 6.33. The molecule has 0 bridgehead atoms. The highest BCUT2D eigenvalue weighted by Crippen LogP contribution is 2.33. The maximum Gasteiger partial charge on any atom is 0.235 e. The Labute approximate surface area is 132 Å². The first-order chi connectivity index (χ1) is 10.7. The van der Waals surface area contributed by atoms with Crippen molar-refractivity contribution in [2.75, 3.05) is 39.4 Å². The average molecular weight is 312 g/mol. The van der Waals surface area contributed by atoms with E-state index in [1.165, 1.54) is 0 Å². The van der Waals surface area contributed by atoms with E-state index < -0.39 is 5.92 Å². The van der Waals surface area contributed by atoms with Crippen LogP contribution in [0.15, 0.2) is 0 Å². The smallest absolute Gasteiger partial charge is 0.235 e. The number of carbonyl (C=O) groups is 2. The predicted molar refractivity (Wildman–Crippen MR) is 82.0 cm³/mol. The summed E-state index contributed by atoms with van der Waals surface area (Å²) in [6.45, 7) is 3.05. The maximum atomic E-state index is 12.6. The van der Waals surface area contributed by atoms with E-state index in [0.29, 0.717) is 25.9 Å². The fourth-order valence-corrected chi connectivity index (χ4v) is 3.52. The SMILES string of the molecule is O=C1C2C(=O)N(CCCCO)CCC2CCN1CCCCO. The fourth-order valence-electron chi connectivity index (χ4n) is 3.52. The van der Waals surface area contributed by atoms with Gasteiger partial charge in [0.25, 0.3) is 0 Å². The highest BCUT2D eigenvalue weighted by atomic mass is 16.3. The van der Waals surface area contributed by atoms with E-state index in [4.69, 9.17) is 10.2 Å². The summed E-state index contributed by atoms with van der Waals surface area (Å²) in [5.41, 5.74) is 0. The molecule has 0 spiro atoms. The number of hydrogen-bond donors (Lipinski definition) is 2. The first kappa shape index (κ1) is 17.2. The molecule has 2 saturated heterocycles. The summed E-state index contributed by atoms with van der Waals surface area (Å²) in [5, 5.41) is 17.7. The molecule has 6 nitrogen and oxygen atoms in total. The number of likely N-dealkylation sites (tertiary alicyclic amines) is 2. The molecular formula is C16H28N2O4. The first-order valence-electron chi connectivity index (χ1n) is 8.48. The zero-order valence-electron chi connectivity index (χ0n) is 13.2. The van der Waals surface area contributed by atoms with E-state index in [1.54, 1.807) is 9.80 Å². The van der Waals surface area contributed by atoms with Crippen LogP contribution >= 0.6 is 0 Å². The lowest BCUT2D eigenvalue weighted by atomic mass is 9.78. The molecule has 2 fully saturated rings. The largest absolute Gasteiger partial charge is 0.396 e.